The van der Waals surface area contributed by atoms with Crippen LogP contribution in [0.5, 0.6) is 0 Å². The molecule has 13 heavy (non-hydrogen) atoms. The van der Waals surface area contributed by atoms with E-state index in [1.54, 1.807) is 0 Å². The predicted octanol–water partition coefficient (Wildman–Crippen LogP) is 1.97. The largest absolute Gasteiger partial charge is 0.383 e. The van der Waals surface area contributed by atoms with Gasteiger partial charge in [-0.15, -0.1) is 0 Å². The zero-order valence-corrected chi connectivity index (χ0v) is 8.47. The molecule has 0 aromatic carbocycles. The summed E-state index contributed by atoms with van der Waals surface area (Å²) in [6.45, 7) is 0. The van der Waals surface area contributed by atoms with Crippen LogP contribution in [0.2, 0.25) is 0 Å². The maximum atomic E-state index is 11.7. The first kappa shape index (κ1) is 8.79. The van der Waals surface area contributed by atoms with Crippen molar-refractivity contribution in [2.24, 2.45) is 5.41 Å². The highest BCUT2D eigenvalue weighted by atomic mass is 16.1. The average molecular weight is 179 g/mol. The lowest BCUT2D eigenvalue weighted by Gasteiger charge is -2.22. The van der Waals surface area contributed by atoms with Gasteiger partial charge in [0.25, 0.3) is 0 Å². The maximum Gasteiger partial charge on any atom is 0.160 e. The summed E-state index contributed by atoms with van der Waals surface area (Å²) in [5.41, 5.74) is 1.49. The third-order valence-corrected chi connectivity index (χ3v) is 3.19. The molecule has 2 aliphatic carbocycles. The van der Waals surface area contributed by atoms with Gasteiger partial charge >= 0.3 is 0 Å². The van der Waals surface area contributed by atoms with E-state index in [0.717, 1.165) is 18.4 Å². The number of carbonyl (C=O) groups excluding carboxylic acids is 1. The zero-order chi connectivity index (χ0) is 9.47. The highest BCUT2D eigenvalue weighted by Crippen LogP contribution is 2.55. The summed E-state index contributed by atoms with van der Waals surface area (Å²) in [6, 6.07) is 0. The van der Waals surface area contributed by atoms with Gasteiger partial charge in [-0.1, -0.05) is 0 Å². The summed E-state index contributed by atoms with van der Waals surface area (Å²) in [5.74, 6) is 0.387. The SMILES string of the molecule is CN(C)C=C1CCC2(CC2)CC1=O. The minimum Gasteiger partial charge on any atom is -0.383 e. The van der Waals surface area contributed by atoms with Gasteiger partial charge in [0.15, 0.2) is 5.78 Å². The first-order valence-corrected chi connectivity index (χ1v) is 5.02. The minimum absolute atomic E-state index is 0.387. The summed E-state index contributed by atoms with van der Waals surface area (Å²) < 4.78 is 0. The molecule has 0 aromatic rings. The Morgan fingerprint density at radius 2 is 2.00 bits per heavy atom. The Morgan fingerprint density at radius 1 is 1.31 bits per heavy atom. The molecule has 0 aliphatic heterocycles. The van der Waals surface area contributed by atoms with Crippen LogP contribution in [-0.2, 0) is 4.79 Å². The first-order chi connectivity index (χ1) is 6.11. The molecule has 2 saturated carbocycles. The Hall–Kier alpha value is -0.790. The normalized spacial score (nSPS) is 28.2. The van der Waals surface area contributed by atoms with Gasteiger partial charge in [-0.05, 0) is 31.1 Å². The Bertz CT molecular complexity index is 261. The summed E-state index contributed by atoms with van der Waals surface area (Å²) in [4.78, 5) is 13.7. The van der Waals surface area contributed by atoms with E-state index in [4.69, 9.17) is 0 Å². The summed E-state index contributed by atoms with van der Waals surface area (Å²) in [7, 11) is 3.95. The molecule has 0 aromatic heterocycles. The Balaban J connectivity index is 2.05. The molecule has 2 aliphatic rings. The number of hydrogen-bond acceptors (Lipinski definition) is 2. The van der Waals surface area contributed by atoms with E-state index in [1.165, 1.54) is 19.3 Å². The molecule has 0 atom stereocenters. The molecule has 0 heterocycles. The Kier molecular flexibility index (Phi) is 1.94. The van der Waals surface area contributed by atoms with E-state index in [0.29, 0.717) is 11.2 Å². The van der Waals surface area contributed by atoms with Crippen molar-refractivity contribution >= 4 is 5.78 Å². The van der Waals surface area contributed by atoms with E-state index in [1.807, 2.05) is 25.2 Å². The third-order valence-electron chi connectivity index (χ3n) is 3.19. The molecule has 0 unspecified atom stereocenters. The number of ketones is 1. The molecule has 0 N–H and O–H groups in total. The predicted molar refractivity (Wildman–Crippen MR) is 52.3 cm³/mol. The van der Waals surface area contributed by atoms with Gasteiger partial charge < -0.3 is 4.90 Å². The maximum absolute atomic E-state index is 11.7. The second kappa shape index (κ2) is 2.86. The standard InChI is InChI=1S/C11H17NO/c1-12(2)8-9-3-4-11(5-6-11)7-10(9)13/h8H,3-7H2,1-2H3. The van der Waals surface area contributed by atoms with Crippen molar-refractivity contribution in [2.45, 2.75) is 32.1 Å². The van der Waals surface area contributed by atoms with Gasteiger partial charge in [0, 0.05) is 32.3 Å². The van der Waals surface area contributed by atoms with E-state index >= 15 is 0 Å². The van der Waals surface area contributed by atoms with Crippen LogP contribution >= 0.6 is 0 Å². The molecule has 2 heteroatoms. The van der Waals surface area contributed by atoms with Gasteiger partial charge in [0.05, 0.1) is 0 Å². The number of nitrogens with zero attached hydrogens (tertiary/aromatic N) is 1. The van der Waals surface area contributed by atoms with Gasteiger partial charge in [0.1, 0.15) is 0 Å². The molecular formula is C11H17NO. The van der Waals surface area contributed by atoms with Crippen molar-refractivity contribution in [3.8, 4) is 0 Å². The number of rotatable bonds is 1. The summed E-state index contributed by atoms with van der Waals surface area (Å²) >= 11 is 0. The number of carbonyl (C=O) groups is 1. The van der Waals surface area contributed by atoms with Crippen LogP contribution in [0.25, 0.3) is 0 Å². The van der Waals surface area contributed by atoms with E-state index in [9.17, 15) is 4.79 Å². The van der Waals surface area contributed by atoms with E-state index in [2.05, 4.69) is 0 Å². The number of allylic oxidation sites excluding steroid dienone is 1. The molecule has 0 saturated heterocycles. The fourth-order valence-electron chi connectivity index (χ4n) is 2.13. The van der Waals surface area contributed by atoms with E-state index < -0.39 is 0 Å². The quantitative estimate of drug-likeness (QED) is 0.573. The topological polar surface area (TPSA) is 20.3 Å². The van der Waals surface area contributed by atoms with E-state index in [-0.39, 0.29) is 0 Å². The lowest BCUT2D eigenvalue weighted by Crippen LogP contribution is -2.20. The molecule has 72 valence electrons. The smallest absolute Gasteiger partial charge is 0.160 e. The van der Waals surface area contributed by atoms with Gasteiger partial charge in [-0.25, -0.2) is 0 Å². The molecule has 0 radical (unpaired) electrons. The van der Waals surface area contributed by atoms with Crippen molar-refractivity contribution in [1.82, 2.24) is 4.90 Å². The second-order valence-electron chi connectivity index (χ2n) is 4.72. The third kappa shape index (κ3) is 1.77. The van der Waals surface area contributed by atoms with Crippen molar-refractivity contribution in [3.05, 3.63) is 11.8 Å². The van der Waals surface area contributed by atoms with Gasteiger partial charge in [-0.3, -0.25) is 4.79 Å². The van der Waals surface area contributed by atoms with Crippen LogP contribution in [0.1, 0.15) is 32.1 Å². The van der Waals surface area contributed by atoms with Crippen LogP contribution in [0, 0.1) is 5.41 Å². The van der Waals surface area contributed by atoms with Crippen molar-refractivity contribution in [1.29, 1.82) is 0 Å². The van der Waals surface area contributed by atoms with Crippen LogP contribution in [0.15, 0.2) is 11.8 Å². The molecule has 2 rings (SSSR count). The van der Waals surface area contributed by atoms with Crippen LogP contribution in [-0.4, -0.2) is 24.8 Å². The minimum atomic E-state index is 0.387. The Morgan fingerprint density at radius 3 is 2.46 bits per heavy atom. The molecular weight excluding hydrogens is 162 g/mol. The first-order valence-electron chi connectivity index (χ1n) is 5.02. The molecule has 0 bridgehead atoms. The van der Waals surface area contributed by atoms with Crippen LogP contribution < -0.4 is 0 Å². The highest BCUT2D eigenvalue weighted by Gasteiger charge is 2.46. The number of Topliss-reactive ketones (excluding diaryl/α,β-unsaturated/α-hetero) is 1. The molecule has 0 amide bonds. The fourth-order valence-corrected chi connectivity index (χ4v) is 2.13. The second-order valence-corrected chi connectivity index (χ2v) is 4.72. The summed E-state index contributed by atoms with van der Waals surface area (Å²) in [6.07, 6.45) is 7.60. The van der Waals surface area contributed by atoms with Crippen molar-refractivity contribution in [3.63, 3.8) is 0 Å². The zero-order valence-electron chi connectivity index (χ0n) is 8.47. The van der Waals surface area contributed by atoms with Crippen LogP contribution in [0.4, 0.5) is 0 Å². The van der Waals surface area contributed by atoms with Crippen molar-refractivity contribution < 1.29 is 4.79 Å². The fraction of sp³-hybridized carbons (Fsp3) is 0.727. The van der Waals surface area contributed by atoms with Crippen molar-refractivity contribution in [2.75, 3.05) is 14.1 Å². The Labute approximate surface area is 79.6 Å². The monoisotopic (exact) mass is 179 g/mol. The highest BCUT2D eigenvalue weighted by molar-refractivity contribution is 5.96. The lowest BCUT2D eigenvalue weighted by atomic mass is 9.82. The number of hydrogen-bond donors (Lipinski definition) is 0. The van der Waals surface area contributed by atoms with Crippen LogP contribution in [0.3, 0.4) is 0 Å². The average Bonchev–Trinajstić information content (AvgIpc) is 2.76. The molecule has 2 fully saturated rings. The van der Waals surface area contributed by atoms with Gasteiger partial charge in [0.2, 0.25) is 0 Å². The molecule has 1 spiro atoms. The lowest BCUT2D eigenvalue weighted by molar-refractivity contribution is -0.118. The summed E-state index contributed by atoms with van der Waals surface area (Å²) in [5, 5.41) is 0. The van der Waals surface area contributed by atoms with Gasteiger partial charge in [-0.2, -0.15) is 0 Å². The molecule has 2 nitrogen and oxygen atoms in total.